The topological polar surface area (TPSA) is 90.7 Å². The van der Waals surface area contributed by atoms with Gasteiger partial charge in [0.05, 0.1) is 12.7 Å². The number of likely N-dealkylation sites (N-methyl/N-ethyl adjacent to an activating group) is 1. The van der Waals surface area contributed by atoms with Crippen LogP contribution in [0.3, 0.4) is 0 Å². The molecule has 3 rings (SSSR count). The van der Waals surface area contributed by atoms with E-state index in [-0.39, 0.29) is 24.7 Å². The SMILES string of the molecule is CCN(CC(=O)O)C1CC(NC(=O)N2CCC(Cn3cc(C)cn3)CC2)C1. The van der Waals surface area contributed by atoms with Crippen molar-refractivity contribution in [1.82, 2.24) is 24.9 Å². The van der Waals surface area contributed by atoms with E-state index in [1.165, 1.54) is 5.56 Å². The van der Waals surface area contributed by atoms with Gasteiger partial charge in [0, 0.05) is 37.9 Å². The van der Waals surface area contributed by atoms with Gasteiger partial charge in [-0.05, 0) is 50.6 Å². The third kappa shape index (κ3) is 5.22. The van der Waals surface area contributed by atoms with Gasteiger partial charge in [0.15, 0.2) is 0 Å². The minimum Gasteiger partial charge on any atom is -0.480 e. The second-order valence-corrected chi connectivity index (χ2v) is 7.90. The Balaban J connectivity index is 1.36. The zero-order valence-corrected chi connectivity index (χ0v) is 16.3. The van der Waals surface area contributed by atoms with E-state index in [2.05, 4.69) is 16.6 Å². The summed E-state index contributed by atoms with van der Waals surface area (Å²) in [5.74, 6) is -0.229. The summed E-state index contributed by atoms with van der Waals surface area (Å²) in [6, 6.07) is 0.447. The molecule has 150 valence electrons. The normalized spacial score (nSPS) is 23.3. The van der Waals surface area contributed by atoms with E-state index in [4.69, 9.17) is 5.11 Å². The zero-order chi connectivity index (χ0) is 19.4. The highest BCUT2D eigenvalue weighted by Crippen LogP contribution is 2.26. The summed E-state index contributed by atoms with van der Waals surface area (Å²) >= 11 is 0. The first-order chi connectivity index (χ1) is 12.9. The summed E-state index contributed by atoms with van der Waals surface area (Å²) in [5.41, 5.74) is 1.18. The summed E-state index contributed by atoms with van der Waals surface area (Å²) in [7, 11) is 0. The molecule has 0 atom stereocenters. The summed E-state index contributed by atoms with van der Waals surface area (Å²) < 4.78 is 2.00. The zero-order valence-electron chi connectivity index (χ0n) is 16.3. The molecule has 8 nitrogen and oxygen atoms in total. The van der Waals surface area contributed by atoms with Crippen LogP contribution in [0.15, 0.2) is 12.4 Å². The number of aryl methyl sites for hydroxylation is 1. The van der Waals surface area contributed by atoms with Gasteiger partial charge in [0.25, 0.3) is 0 Å². The Morgan fingerprint density at radius 3 is 2.59 bits per heavy atom. The van der Waals surface area contributed by atoms with Crippen LogP contribution in [-0.2, 0) is 11.3 Å². The standard InChI is InChI=1S/C19H31N5O3/c1-3-22(13-18(25)26)17-8-16(9-17)21-19(27)23-6-4-15(5-7-23)12-24-11-14(2)10-20-24/h10-11,15-17H,3-9,12-13H2,1-2H3,(H,21,27)(H,25,26). The van der Waals surface area contributed by atoms with Crippen LogP contribution in [0, 0.1) is 12.8 Å². The molecule has 0 radical (unpaired) electrons. The van der Waals surface area contributed by atoms with Crippen LogP contribution in [0.2, 0.25) is 0 Å². The van der Waals surface area contributed by atoms with E-state index in [1.54, 1.807) is 0 Å². The van der Waals surface area contributed by atoms with Crippen molar-refractivity contribution in [3.8, 4) is 0 Å². The van der Waals surface area contributed by atoms with E-state index >= 15 is 0 Å². The van der Waals surface area contributed by atoms with Crippen LogP contribution in [0.1, 0.15) is 38.2 Å². The maximum atomic E-state index is 12.5. The molecule has 0 aromatic carbocycles. The van der Waals surface area contributed by atoms with Crippen molar-refractivity contribution in [3.63, 3.8) is 0 Å². The fraction of sp³-hybridized carbons (Fsp3) is 0.737. The lowest BCUT2D eigenvalue weighted by atomic mass is 9.85. The largest absolute Gasteiger partial charge is 0.480 e. The number of hydrogen-bond acceptors (Lipinski definition) is 4. The summed E-state index contributed by atoms with van der Waals surface area (Å²) in [6.45, 7) is 7.31. The van der Waals surface area contributed by atoms with E-state index < -0.39 is 5.97 Å². The van der Waals surface area contributed by atoms with Crippen molar-refractivity contribution in [2.45, 2.75) is 58.2 Å². The number of carboxylic acids is 1. The smallest absolute Gasteiger partial charge is 0.317 e. The second kappa shape index (κ2) is 8.73. The molecule has 1 saturated heterocycles. The predicted molar refractivity (Wildman–Crippen MR) is 101 cm³/mol. The van der Waals surface area contributed by atoms with Crippen molar-refractivity contribution in [2.75, 3.05) is 26.2 Å². The molecule has 2 amide bonds. The van der Waals surface area contributed by atoms with Crippen molar-refractivity contribution in [3.05, 3.63) is 18.0 Å². The third-order valence-electron chi connectivity index (χ3n) is 5.81. The second-order valence-electron chi connectivity index (χ2n) is 7.90. The van der Waals surface area contributed by atoms with Gasteiger partial charge in [0.2, 0.25) is 0 Å². The quantitative estimate of drug-likeness (QED) is 0.752. The van der Waals surface area contributed by atoms with Crippen LogP contribution in [-0.4, -0.2) is 74.9 Å². The van der Waals surface area contributed by atoms with Crippen LogP contribution in [0.5, 0.6) is 0 Å². The lowest BCUT2D eigenvalue weighted by Crippen LogP contribution is -2.57. The number of nitrogens with zero attached hydrogens (tertiary/aromatic N) is 4. The molecule has 1 aliphatic carbocycles. The van der Waals surface area contributed by atoms with Crippen molar-refractivity contribution in [1.29, 1.82) is 0 Å². The van der Waals surface area contributed by atoms with Gasteiger partial charge >= 0.3 is 12.0 Å². The molecule has 2 fully saturated rings. The Hall–Kier alpha value is -2.09. The summed E-state index contributed by atoms with van der Waals surface area (Å²) in [5, 5.41) is 16.4. The highest BCUT2D eigenvalue weighted by Gasteiger charge is 2.35. The first kappa shape index (κ1) is 19.7. The van der Waals surface area contributed by atoms with Gasteiger partial charge in [-0.3, -0.25) is 14.4 Å². The molecule has 2 heterocycles. The Kier molecular flexibility index (Phi) is 6.36. The number of amides is 2. The fourth-order valence-electron chi connectivity index (χ4n) is 4.09. The molecule has 2 N–H and O–H groups in total. The minimum atomic E-state index is -0.794. The predicted octanol–water partition coefficient (Wildman–Crippen LogP) is 1.55. The molecule has 1 aliphatic heterocycles. The molecular weight excluding hydrogens is 346 g/mol. The number of carbonyl (C=O) groups excluding carboxylic acids is 1. The van der Waals surface area contributed by atoms with Crippen LogP contribution >= 0.6 is 0 Å². The molecule has 1 saturated carbocycles. The first-order valence-corrected chi connectivity index (χ1v) is 9.95. The number of likely N-dealkylation sites (tertiary alicyclic amines) is 1. The highest BCUT2D eigenvalue weighted by atomic mass is 16.4. The summed E-state index contributed by atoms with van der Waals surface area (Å²) in [6.07, 6.45) is 7.62. The number of nitrogens with one attached hydrogen (secondary N) is 1. The van der Waals surface area contributed by atoms with Gasteiger partial charge in [-0.25, -0.2) is 4.79 Å². The number of aromatic nitrogens is 2. The van der Waals surface area contributed by atoms with Gasteiger partial charge in [-0.2, -0.15) is 5.10 Å². The van der Waals surface area contributed by atoms with Crippen LogP contribution in [0.25, 0.3) is 0 Å². The van der Waals surface area contributed by atoms with Crippen molar-refractivity contribution < 1.29 is 14.7 Å². The number of aliphatic carboxylic acids is 1. The lowest BCUT2D eigenvalue weighted by Gasteiger charge is -2.43. The molecule has 27 heavy (non-hydrogen) atoms. The molecule has 1 aromatic rings. The van der Waals surface area contributed by atoms with E-state index in [9.17, 15) is 9.59 Å². The lowest BCUT2D eigenvalue weighted by molar-refractivity contribution is -0.139. The summed E-state index contributed by atoms with van der Waals surface area (Å²) in [4.78, 5) is 27.3. The van der Waals surface area contributed by atoms with Gasteiger partial charge in [-0.15, -0.1) is 0 Å². The Morgan fingerprint density at radius 1 is 1.33 bits per heavy atom. The molecule has 1 aromatic heterocycles. The monoisotopic (exact) mass is 377 g/mol. The van der Waals surface area contributed by atoms with E-state index in [0.29, 0.717) is 5.92 Å². The van der Waals surface area contributed by atoms with E-state index in [1.807, 2.05) is 34.5 Å². The molecule has 0 spiro atoms. The molecule has 2 aliphatic rings. The number of carboxylic acid groups (broad SMARTS) is 1. The van der Waals surface area contributed by atoms with Crippen LogP contribution in [0.4, 0.5) is 4.79 Å². The molecular formula is C19H31N5O3. The molecule has 8 heteroatoms. The number of carbonyl (C=O) groups is 2. The Morgan fingerprint density at radius 2 is 2.04 bits per heavy atom. The van der Waals surface area contributed by atoms with Crippen LogP contribution < -0.4 is 5.32 Å². The number of urea groups is 1. The molecule has 0 bridgehead atoms. The average molecular weight is 377 g/mol. The maximum Gasteiger partial charge on any atom is 0.317 e. The molecule has 0 unspecified atom stereocenters. The Labute approximate surface area is 160 Å². The number of piperidine rings is 1. The first-order valence-electron chi connectivity index (χ1n) is 9.95. The minimum absolute atomic E-state index is 0.0214. The van der Waals surface area contributed by atoms with E-state index in [0.717, 1.165) is 51.9 Å². The fourth-order valence-corrected chi connectivity index (χ4v) is 4.09. The number of hydrogen-bond donors (Lipinski definition) is 2. The van der Waals surface area contributed by atoms with Crippen molar-refractivity contribution in [2.24, 2.45) is 5.92 Å². The average Bonchev–Trinajstić information content (AvgIpc) is 3.01. The van der Waals surface area contributed by atoms with Crippen molar-refractivity contribution >= 4 is 12.0 Å². The Bertz CT molecular complexity index is 648. The number of rotatable bonds is 7. The van der Waals surface area contributed by atoms with Gasteiger partial charge in [0.1, 0.15) is 0 Å². The third-order valence-corrected chi connectivity index (χ3v) is 5.81. The maximum absolute atomic E-state index is 12.5. The highest BCUT2D eigenvalue weighted by molar-refractivity contribution is 5.74. The van der Waals surface area contributed by atoms with Gasteiger partial charge in [-0.1, -0.05) is 6.92 Å². The van der Waals surface area contributed by atoms with Gasteiger partial charge < -0.3 is 15.3 Å².